The van der Waals surface area contributed by atoms with Crippen molar-refractivity contribution in [2.45, 2.75) is 59.5 Å². The van der Waals surface area contributed by atoms with Crippen molar-refractivity contribution in [3.63, 3.8) is 0 Å². The molecule has 0 amide bonds. The van der Waals surface area contributed by atoms with E-state index in [1.165, 1.54) is 5.56 Å². The largest absolute Gasteiger partial charge is 0.491 e. The lowest BCUT2D eigenvalue weighted by molar-refractivity contribution is -0.136. The van der Waals surface area contributed by atoms with Crippen molar-refractivity contribution < 1.29 is 28.9 Å². The maximum atomic E-state index is 13.2. The molecule has 204 valence electrons. The van der Waals surface area contributed by atoms with Crippen LogP contribution >= 0.6 is 0 Å². The number of hydrogen-bond acceptors (Lipinski definition) is 5. The number of esters is 1. The number of carbonyl (C=O) groups excluding carboxylic acids is 1. The van der Waals surface area contributed by atoms with Gasteiger partial charge in [-0.05, 0) is 86.3 Å². The fraction of sp³-hybridized carbons (Fsp3) is 0.312. The Morgan fingerprint density at radius 1 is 0.897 bits per heavy atom. The average molecular weight is 530 g/mol. The average Bonchev–Trinajstić information content (AvgIpc) is 3.16. The summed E-state index contributed by atoms with van der Waals surface area (Å²) in [5.41, 5.74) is 3.13. The number of nitrogens with zero attached hydrogens (tertiary/aromatic N) is 1. The molecule has 4 rings (SSSR count). The zero-order chi connectivity index (χ0) is 28.3. The minimum Gasteiger partial charge on any atom is -0.491 e. The summed E-state index contributed by atoms with van der Waals surface area (Å²) in [6.07, 6.45) is -0.346. The van der Waals surface area contributed by atoms with Crippen LogP contribution in [0.4, 0.5) is 0 Å². The number of hydrogen-bond donors (Lipinski definition) is 1. The number of carbonyl (C=O) groups is 2. The van der Waals surface area contributed by atoms with Crippen LogP contribution in [0.2, 0.25) is 0 Å². The Bertz CT molecular complexity index is 1470. The van der Waals surface area contributed by atoms with Crippen LogP contribution in [0.5, 0.6) is 17.2 Å². The summed E-state index contributed by atoms with van der Waals surface area (Å²) in [4.78, 5) is 25.1. The van der Waals surface area contributed by atoms with Crippen LogP contribution in [0.25, 0.3) is 16.6 Å². The van der Waals surface area contributed by atoms with E-state index in [2.05, 4.69) is 20.8 Å². The number of fused-ring (bicyclic) bond motifs is 1. The third-order valence-corrected chi connectivity index (χ3v) is 6.26. The fourth-order valence-corrected chi connectivity index (χ4v) is 4.53. The first-order chi connectivity index (χ1) is 18.5. The molecule has 0 radical (unpaired) electrons. The number of carboxylic acid groups (broad SMARTS) is 1. The van der Waals surface area contributed by atoms with Crippen LogP contribution in [0.1, 0.15) is 63.2 Å². The van der Waals surface area contributed by atoms with E-state index in [0.717, 1.165) is 0 Å². The Labute approximate surface area is 228 Å². The van der Waals surface area contributed by atoms with Gasteiger partial charge in [0.2, 0.25) is 0 Å². The quantitative estimate of drug-likeness (QED) is 0.229. The maximum absolute atomic E-state index is 13.2. The van der Waals surface area contributed by atoms with E-state index in [-0.39, 0.29) is 30.1 Å². The van der Waals surface area contributed by atoms with Crippen molar-refractivity contribution in [3.05, 3.63) is 83.6 Å². The minimum absolute atomic E-state index is 0.0179. The van der Waals surface area contributed by atoms with Crippen molar-refractivity contribution in [2.24, 2.45) is 0 Å². The molecule has 1 N–H and O–H groups in total. The van der Waals surface area contributed by atoms with Crippen molar-refractivity contribution in [2.75, 3.05) is 6.61 Å². The molecule has 0 aliphatic heterocycles. The second kappa shape index (κ2) is 11.2. The molecule has 0 atom stereocenters. The number of ether oxygens (including phenoxy) is 3. The number of benzene rings is 3. The summed E-state index contributed by atoms with van der Waals surface area (Å²) in [6.45, 7) is 12.2. The van der Waals surface area contributed by atoms with E-state index in [0.29, 0.717) is 39.5 Å². The molecule has 4 aromatic rings. The predicted molar refractivity (Wildman–Crippen MR) is 152 cm³/mol. The normalized spacial score (nSPS) is 11.6. The second-order valence-corrected chi connectivity index (χ2v) is 10.7. The van der Waals surface area contributed by atoms with Gasteiger partial charge in [-0.15, -0.1) is 0 Å². The number of aromatic nitrogens is 1. The lowest BCUT2D eigenvalue weighted by Crippen LogP contribution is -2.13. The van der Waals surface area contributed by atoms with Crippen LogP contribution in [0, 0.1) is 0 Å². The molecule has 0 bridgehead atoms. The SMILES string of the molecule is CCOC(=O)c1c(CC(=O)O)n(-c2ccc(OC(C)C)cc2)c2ccc(Oc3ccc(C(C)(C)C)cc3)cc12. The zero-order valence-electron chi connectivity index (χ0n) is 23.3. The lowest BCUT2D eigenvalue weighted by atomic mass is 9.87. The monoisotopic (exact) mass is 529 g/mol. The van der Waals surface area contributed by atoms with E-state index in [1.807, 2.05) is 74.5 Å². The first-order valence-corrected chi connectivity index (χ1v) is 13.1. The Morgan fingerprint density at radius 2 is 1.51 bits per heavy atom. The Hall–Kier alpha value is -4.26. The van der Waals surface area contributed by atoms with Crippen molar-refractivity contribution in [3.8, 4) is 22.9 Å². The van der Waals surface area contributed by atoms with E-state index >= 15 is 0 Å². The molecule has 0 aliphatic carbocycles. The number of carboxylic acids is 1. The van der Waals surface area contributed by atoms with Gasteiger partial charge in [-0.25, -0.2) is 4.79 Å². The summed E-state index contributed by atoms with van der Waals surface area (Å²) in [5, 5.41) is 10.3. The Kier molecular flexibility index (Phi) is 8.00. The summed E-state index contributed by atoms with van der Waals surface area (Å²) in [7, 11) is 0. The summed E-state index contributed by atoms with van der Waals surface area (Å²) in [5.74, 6) is 0.245. The van der Waals surface area contributed by atoms with Gasteiger partial charge in [-0.1, -0.05) is 32.9 Å². The standard InChI is InChI=1S/C32H35NO6/c1-7-37-31(36)30-26-18-25(39-24-12-8-21(9-13-24)32(4,5)6)16-17-27(26)33(28(30)19-29(34)35)22-10-14-23(15-11-22)38-20(2)3/h8-18,20H,7,19H2,1-6H3,(H,34,35). The third-order valence-electron chi connectivity index (χ3n) is 6.26. The lowest BCUT2D eigenvalue weighted by Gasteiger charge is -2.19. The fourth-order valence-electron chi connectivity index (χ4n) is 4.53. The zero-order valence-corrected chi connectivity index (χ0v) is 23.3. The van der Waals surface area contributed by atoms with Gasteiger partial charge in [0.25, 0.3) is 0 Å². The third kappa shape index (κ3) is 6.25. The molecule has 1 aromatic heterocycles. The highest BCUT2D eigenvalue weighted by Crippen LogP contribution is 2.35. The van der Waals surface area contributed by atoms with Gasteiger partial charge in [0.1, 0.15) is 17.2 Å². The van der Waals surface area contributed by atoms with Gasteiger partial charge in [0.15, 0.2) is 0 Å². The van der Waals surface area contributed by atoms with Gasteiger partial charge >= 0.3 is 11.9 Å². The van der Waals surface area contributed by atoms with Crippen LogP contribution < -0.4 is 9.47 Å². The molecule has 0 saturated heterocycles. The molecule has 0 unspecified atom stereocenters. The van der Waals surface area contributed by atoms with Crippen LogP contribution in [0.3, 0.4) is 0 Å². The van der Waals surface area contributed by atoms with Crippen LogP contribution in [0.15, 0.2) is 66.7 Å². The van der Waals surface area contributed by atoms with Crippen LogP contribution in [-0.2, 0) is 21.4 Å². The van der Waals surface area contributed by atoms with Gasteiger partial charge in [0.05, 0.1) is 30.2 Å². The van der Waals surface area contributed by atoms with Crippen molar-refractivity contribution in [1.82, 2.24) is 4.57 Å². The minimum atomic E-state index is -1.06. The molecule has 3 aromatic carbocycles. The highest BCUT2D eigenvalue weighted by molar-refractivity contribution is 6.07. The highest BCUT2D eigenvalue weighted by atomic mass is 16.5. The molecule has 0 aliphatic rings. The molecule has 1 heterocycles. The molecule has 0 spiro atoms. The smallest absolute Gasteiger partial charge is 0.340 e. The molecule has 0 saturated carbocycles. The Morgan fingerprint density at radius 3 is 2.08 bits per heavy atom. The van der Waals surface area contributed by atoms with Crippen LogP contribution in [-0.4, -0.2) is 34.3 Å². The first kappa shape index (κ1) is 27.8. The van der Waals surface area contributed by atoms with E-state index in [4.69, 9.17) is 14.2 Å². The molecule has 39 heavy (non-hydrogen) atoms. The molecule has 7 nitrogen and oxygen atoms in total. The van der Waals surface area contributed by atoms with Crippen molar-refractivity contribution in [1.29, 1.82) is 0 Å². The topological polar surface area (TPSA) is 87.0 Å². The first-order valence-electron chi connectivity index (χ1n) is 13.1. The summed E-state index contributed by atoms with van der Waals surface area (Å²) in [6, 6.07) is 20.7. The maximum Gasteiger partial charge on any atom is 0.340 e. The molecular weight excluding hydrogens is 494 g/mol. The predicted octanol–water partition coefficient (Wildman–Crippen LogP) is 7.31. The van der Waals surface area contributed by atoms with E-state index < -0.39 is 11.9 Å². The number of aliphatic carboxylic acids is 1. The molecular formula is C32H35NO6. The van der Waals surface area contributed by atoms with Gasteiger partial charge in [-0.2, -0.15) is 0 Å². The Balaban J connectivity index is 1.85. The summed E-state index contributed by atoms with van der Waals surface area (Å²) >= 11 is 0. The van der Waals surface area contributed by atoms with Crippen molar-refractivity contribution >= 4 is 22.8 Å². The van der Waals surface area contributed by atoms with Gasteiger partial charge in [0, 0.05) is 16.8 Å². The van der Waals surface area contributed by atoms with E-state index in [1.54, 1.807) is 17.6 Å². The molecule has 0 fully saturated rings. The van der Waals surface area contributed by atoms with E-state index in [9.17, 15) is 14.7 Å². The molecule has 7 heteroatoms. The number of rotatable bonds is 9. The van der Waals surface area contributed by atoms with Gasteiger partial charge < -0.3 is 23.9 Å². The summed E-state index contributed by atoms with van der Waals surface area (Å²) < 4.78 is 19.1. The second-order valence-electron chi connectivity index (χ2n) is 10.7. The van der Waals surface area contributed by atoms with Gasteiger partial charge in [-0.3, -0.25) is 4.79 Å². The highest BCUT2D eigenvalue weighted by Gasteiger charge is 2.26.